The topological polar surface area (TPSA) is 72.9 Å². The molecular weight excluding hydrogens is 264 g/mol. The van der Waals surface area contributed by atoms with Crippen molar-refractivity contribution in [2.75, 3.05) is 12.3 Å². The first-order chi connectivity index (χ1) is 10.2. The van der Waals surface area contributed by atoms with Crippen molar-refractivity contribution >= 4 is 11.6 Å². The van der Waals surface area contributed by atoms with Gasteiger partial charge in [-0.15, -0.1) is 0 Å². The number of rotatable bonds is 5. The van der Waals surface area contributed by atoms with Gasteiger partial charge in [-0.25, -0.2) is 4.68 Å². The highest BCUT2D eigenvalue weighted by Crippen LogP contribution is 2.28. The summed E-state index contributed by atoms with van der Waals surface area (Å²) in [6.07, 6.45) is 6.79. The van der Waals surface area contributed by atoms with Crippen LogP contribution in [0, 0.1) is 5.92 Å². The van der Waals surface area contributed by atoms with E-state index in [1.165, 1.54) is 19.3 Å². The van der Waals surface area contributed by atoms with Gasteiger partial charge in [-0.3, -0.25) is 4.79 Å². The number of nitrogens with one attached hydrogen (secondary N) is 1. The van der Waals surface area contributed by atoms with Gasteiger partial charge in [0, 0.05) is 18.4 Å². The van der Waals surface area contributed by atoms with Gasteiger partial charge in [0.1, 0.15) is 0 Å². The molecule has 1 saturated carbocycles. The number of hydrogen-bond acceptors (Lipinski definition) is 3. The molecule has 0 bridgehead atoms. The Hall–Kier alpha value is -2.30. The summed E-state index contributed by atoms with van der Waals surface area (Å²) in [4.78, 5) is 12.0. The number of nitrogen functional groups attached to an aromatic ring is 1. The molecule has 0 radical (unpaired) electrons. The van der Waals surface area contributed by atoms with E-state index in [2.05, 4.69) is 10.4 Å². The van der Waals surface area contributed by atoms with E-state index in [0.717, 1.165) is 24.6 Å². The van der Waals surface area contributed by atoms with Crippen molar-refractivity contribution < 1.29 is 4.79 Å². The van der Waals surface area contributed by atoms with E-state index in [1.807, 2.05) is 24.3 Å². The quantitative estimate of drug-likeness (QED) is 0.828. The fourth-order valence-electron chi connectivity index (χ4n) is 2.52. The smallest absolute Gasteiger partial charge is 0.271 e. The van der Waals surface area contributed by atoms with Crippen molar-refractivity contribution in [1.29, 1.82) is 0 Å². The zero-order valence-corrected chi connectivity index (χ0v) is 12.0. The van der Waals surface area contributed by atoms with E-state index in [4.69, 9.17) is 5.73 Å². The third-order valence-electron chi connectivity index (χ3n) is 4.02. The molecule has 110 valence electrons. The summed E-state index contributed by atoms with van der Waals surface area (Å²) < 4.78 is 1.66. The summed E-state index contributed by atoms with van der Waals surface area (Å²) in [5.74, 6) is 0.687. The molecule has 0 aliphatic heterocycles. The van der Waals surface area contributed by atoms with Gasteiger partial charge < -0.3 is 11.1 Å². The third kappa shape index (κ3) is 3.24. The van der Waals surface area contributed by atoms with Gasteiger partial charge in [0.05, 0.1) is 5.69 Å². The van der Waals surface area contributed by atoms with E-state index < -0.39 is 0 Å². The summed E-state index contributed by atoms with van der Waals surface area (Å²) >= 11 is 0. The van der Waals surface area contributed by atoms with Crippen LogP contribution in [0.3, 0.4) is 0 Å². The Morgan fingerprint density at radius 2 is 2.24 bits per heavy atom. The Kier molecular flexibility index (Phi) is 3.90. The first-order valence-corrected chi connectivity index (χ1v) is 7.42. The molecule has 0 spiro atoms. The fraction of sp³-hybridized carbons (Fsp3) is 0.375. The van der Waals surface area contributed by atoms with Gasteiger partial charge in [-0.2, -0.15) is 5.10 Å². The van der Waals surface area contributed by atoms with Gasteiger partial charge in [-0.05, 0) is 36.6 Å². The fourth-order valence-corrected chi connectivity index (χ4v) is 2.52. The van der Waals surface area contributed by atoms with Crippen LogP contribution >= 0.6 is 0 Å². The lowest BCUT2D eigenvalue weighted by Gasteiger charge is -2.24. The molecule has 1 fully saturated rings. The van der Waals surface area contributed by atoms with Crippen molar-refractivity contribution in [3.63, 3.8) is 0 Å². The molecule has 3 N–H and O–H groups in total. The predicted octanol–water partition coefficient (Wildman–Crippen LogP) is 2.37. The maximum atomic E-state index is 12.0. The van der Waals surface area contributed by atoms with Crippen LogP contribution in [0.25, 0.3) is 5.69 Å². The lowest BCUT2D eigenvalue weighted by molar-refractivity contribution is 0.0943. The Labute approximate surface area is 124 Å². The largest absolute Gasteiger partial charge is 0.399 e. The van der Waals surface area contributed by atoms with E-state index >= 15 is 0 Å². The maximum absolute atomic E-state index is 12.0. The molecule has 5 heteroatoms. The van der Waals surface area contributed by atoms with Crippen LogP contribution in [-0.2, 0) is 0 Å². The molecule has 0 unspecified atom stereocenters. The normalized spacial score (nSPS) is 14.7. The maximum Gasteiger partial charge on any atom is 0.271 e. The molecule has 1 aliphatic rings. The van der Waals surface area contributed by atoms with Crippen molar-refractivity contribution in [2.24, 2.45) is 5.92 Å². The van der Waals surface area contributed by atoms with E-state index in [-0.39, 0.29) is 5.91 Å². The van der Waals surface area contributed by atoms with Crippen LogP contribution < -0.4 is 11.1 Å². The number of amides is 1. The second-order valence-electron chi connectivity index (χ2n) is 5.58. The summed E-state index contributed by atoms with van der Waals surface area (Å²) in [7, 11) is 0. The summed E-state index contributed by atoms with van der Waals surface area (Å²) in [6.45, 7) is 0.731. The number of aromatic nitrogens is 2. The van der Waals surface area contributed by atoms with Crippen LogP contribution in [0.15, 0.2) is 36.5 Å². The molecule has 21 heavy (non-hydrogen) atoms. The zero-order chi connectivity index (χ0) is 14.7. The van der Waals surface area contributed by atoms with Crippen LogP contribution in [0.1, 0.15) is 36.2 Å². The lowest BCUT2D eigenvalue weighted by Crippen LogP contribution is -2.27. The second kappa shape index (κ2) is 5.99. The van der Waals surface area contributed by atoms with Crippen molar-refractivity contribution in [2.45, 2.75) is 25.7 Å². The van der Waals surface area contributed by atoms with Crippen LogP contribution in [-0.4, -0.2) is 22.2 Å². The molecule has 5 nitrogen and oxygen atoms in total. The summed E-state index contributed by atoms with van der Waals surface area (Å²) in [5.41, 5.74) is 7.72. The lowest BCUT2D eigenvalue weighted by atomic mass is 9.83. The van der Waals surface area contributed by atoms with Gasteiger partial charge >= 0.3 is 0 Å². The Morgan fingerprint density at radius 1 is 1.38 bits per heavy atom. The van der Waals surface area contributed by atoms with Crippen LogP contribution in [0.5, 0.6) is 0 Å². The van der Waals surface area contributed by atoms with Gasteiger partial charge in [0.2, 0.25) is 0 Å². The Balaban J connectivity index is 1.59. The Bertz CT molecular complexity index is 631. The van der Waals surface area contributed by atoms with E-state index in [1.54, 1.807) is 16.9 Å². The highest BCUT2D eigenvalue weighted by atomic mass is 16.1. The number of carbonyl (C=O) groups is 1. The minimum absolute atomic E-state index is 0.114. The van der Waals surface area contributed by atoms with Crippen molar-refractivity contribution in [3.8, 4) is 5.69 Å². The number of anilines is 1. The molecule has 1 aromatic carbocycles. The summed E-state index contributed by atoms with van der Waals surface area (Å²) in [5, 5.41) is 7.24. The van der Waals surface area contributed by atoms with E-state index in [9.17, 15) is 4.79 Å². The van der Waals surface area contributed by atoms with Crippen molar-refractivity contribution in [3.05, 3.63) is 42.2 Å². The molecule has 1 heterocycles. The number of hydrogen-bond donors (Lipinski definition) is 2. The molecule has 1 aromatic heterocycles. The first kappa shape index (κ1) is 13.7. The number of nitrogens with zero attached hydrogens (tertiary/aromatic N) is 2. The van der Waals surface area contributed by atoms with Gasteiger partial charge in [0.25, 0.3) is 5.91 Å². The average molecular weight is 284 g/mol. The number of nitrogens with two attached hydrogens (primary N) is 1. The molecule has 0 saturated heterocycles. The molecular formula is C16H20N4O. The van der Waals surface area contributed by atoms with Crippen LogP contribution in [0.4, 0.5) is 5.69 Å². The molecule has 1 aliphatic carbocycles. The zero-order valence-electron chi connectivity index (χ0n) is 12.0. The summed E-state index contributed by atoms with van der Waals surface area (Å²) in [6, 6.07) is 9.14. The Morgan fingerprint density at radius 3 is 2.95 bits per heavy atom. The highest BCUT2D eigenvalue weighted by Gasteiger charge is 2.17. The number of benzene rings is 1. The van der Waals surface area contributed by atoms with Crippen molar-refractivity contribution in [1.82, 2.24) is 15.1 Å². The van der Waals surface area contributed by atoms with Gasteiger partial charge in [-0.1, -0.05) is 25.3 Å². The minimum Gasteiger partial charge on any atom is -0.399 e. The minimum atomic E-state index is -0.114. The third-order valence-corrected chi connectivity index (χ3v) is 4.02. The SMILES string of the molecule is Nc1cccc(-n2ccc(C(=O)NCCC3CCC3)n2)c1. The first-order valence-electron chi connectivity index (χ1n) is 7.42. The number of carbonyl (C=O) groups excluding carboxylic acids is 1. The van der Waals surface area contributed by atoms with Gasteiger partial charge in [0.15, 0.2) is 5.69 Å². The highest BCUT2D eigenvalue weighted by molar-refractivity contribution is 5.92. The standard InChI is InChI=1S/C16H20N4O/c17-13-5-2-6-14(11-13)20-10-8-15(19-20)16(21)18-9-7-12-3-1-4-12/h2,5-6,8,10-12H,1,3-4,7,9,17H2,(H,18,21). The average Bonchev–Trinajstić information content (AvgIpc) is 2.91. The second-order valence-corrected chi connectivity index (χ2v) is 5.58. The van der Waals surface area contributed by atoms with E-state index in [0.29, 0.717) is 11.4 Å². The predicted molar refractivity (Wildman–Crippen MR) is 82.3 cm³/mol. The molecule has 3 rings (SSSR count). The monoisotopic (exact) mass is 284 g/mol. The molecule has 2 aromatic rings. The molecule has 0 atom stereocenters. The van der Waals surface area contributed by atoms with Crippen LogP contribution in [0.2, 0.25) is 0 Å². The molecule has 1 amide bonds.